The van der Waals surface area contributed by atoms with Crippen LogP contribution < -0.4 is 5.32 Å². The van der Waals surface area contributed by atoms with Gasteiger partial charge in [-0.2, -0.15) is 4.98 Å². The molecule has 1 amide bonds. The third-order valence-electron chi connectivity index (χ3n) is 5.60. The van der Waals surface area contributed by atoms with Gasteiger partial charge in [0.15, 0.2) is 5.82 Å². The molecule has 0 saturated carbocycles. The SMILES string of the molecule is CC(C)(C)[C@H](NC(=O)[C@H](CCCc1ccc(Cl)cc1)CC(=O)O)c1noc(-c2ccccc2)n1. The van der Waals surface area contributed by atoms with Crippen molar-refractivity contribution in [1.29, 1.82) is 0 Å². The largest absolute Gasteiger partial charge is 0.481 e. The number of hydrogen-bond donors (Lipinski definition) is 2. The summed E-state index contributed by atoms with van der Waals surface area (Å²) in [6.45, 7) is 5.88. The van der Waals surface area contributed by atoms with Crippen molar-refractivity contribution in [2.45, 2.75) is 52.5 Å². The highest BCUT2D eigenvalue weighted by molar-refractivity contribution is 6.30. The van der Waals surface area contributed by atoms with Gasteiger partial charge in [0.2, 0.25) is 5.91 Å². The molecule has 1 heterocycles. The smallest absolute Gasteiger partial charge is 0.304 e. The predicted octanol–water partition coefficient (Wildman–Crippen LogP) is 5.71. The Bertz CT molecular complexity index is 1090. The van der Waals surface area contributed by atoms with E-state index < -0.39 is 23.3 Å². The van der Waals surface area contributed by atoms with E-state index in [1.807, 2.05) is 75.4 Å². The zero-order valence-corrected chi connectivity index (χ0v) is 20.4. The highest BCUT2D eigenvalue weighted by Gasteiger charge is 2.34. The molecule has 0 saturated heterocycles. The minimum Gasteiger partial charge on any atom is -0.481 e. The monoisotopic (exact) mass is 483 g/mol. The minimum absolute atomic E-state index is 0.245. The van der Waals surface area contributed by atoms with Crippen LogP contribution >= 0.6 is 11.6 Å². The predicted molar refractivity (Wildman–Crippen MR) is 130 cm³/mol. The first-order valence-electron chi connectivity index (χ1n) is 11.3. The maximum atomic E-state index is 13.2. The third-order valence-corrected chi connectivity index (χ3v) is 5.85. The van der Waals surface area contributed by atoms with Crippen molar-refractivity contribution in [2.24, 2.45) is 11.3 Å². The van der Waals surface area contributed by atoms with E-state index in [1.165, 1.54) is 0 Å². The van der Waals surface area contributed by atoms with Gasteiger partial charge in [0, 0.05) is 16.5 Å². The lowest BCUT2D eigenvalue weighted by Crippen LogP contribution is -2.41. The number of benzene rings is 2. The molecule has 0 radical (unpaired) electrons. The van der Waals surface area contributed by atoms with Crippen molar-refractivity contribution in [1.82, 2.24) is 15.5 Å². The number of carboxylic acid groups (broad SMARTS) is 1. The molecule has 0 fully saturated rings. The summed E-state index contributed by atoms with van der Waals surface area (Å²) in [5, 5.41) is 17.2. The molecule has 0 bridgehead atoms. The number of aromatic nitrogens is 2. The maximum absolute atomic E-state index is 13.2. The molecule has 2 N–H and O–H groups in total. The zero-order valence-electron chi connectivity index (χ0n) is 19.6. The molecule has 3 rings (SSSR count). The number of aryl methyl sites for hydroxylation is 1. The summed E-state index contributed by atoms with van der Waals surface area (Å²) in [6.07, 6.45) is 1.60. The molecule has 0 unspecified atom stereocenters. The van der Waals surface area contributed by atoms with Crippen LogP contribution in [0.3, 0.4) is 0 Å². The number of nitrogens with zero attached hydrogens (tertiary/aromatic N) is 2. The Morgan fingerprint density at radius 1 is 1.09 bits per heavy atom. The minimum atomic E-state index is -1.01. The van der Waals surface area contributed by atoms with Gasteiger partial charge in [-0.25, -0.2) is 0 Å². The van der Waals surface area contributed by atoms with Crippen molar-refractivity contribution >= 4 is 23.5 Å². The molecular weight excluding hydrogens is 454 g/mol. The zero-order chi connectivity index (χ0) is 24.7. The molecule has 1 aromatic heterocycles. The number of rotatable bonds is 10. The summed E-state index contributed by atoms with van der Waals surface area (Å²) in [5.41, 5.74) is 1.45. The Morgan fingerprint density at radius 3 is 2.38 bits per heavy atom. The van der Waals surface area contributed by atoms with Gasteiger partial charge < -0.3 is 14.9 Å². The van der Waals surface area contributed by atoms with E-state index in [0.29, 0.717) is 29.6 Å². The van der Waals surface area contributed by atoms with Gasteiger partial charge >= 0.3 is 5.97 Å². The second kappa shape index (κ2) is 11.3. The van der Waals surface area contributed by atoms with Crippen LogP contribution in [0.25, 0.3) is 11.5 Å². The second-order valence-corrected chi connectivity index (χ2v) is 9.88. The van der Waals surface area contributed by atoms with Gasteiger partial charge in [-0.1, -0.05) is 67.9 Å². The van der Waals surface area contributed by atoms with Crippen LogP contribution in [0.1, 0.15) is 57.5 Å². The van der Waals surface area contributed by atoms with E-state index in [1.54, 1.807) is 0 Å². The van der Waals surface area contributed by atoms with Crippen LogP contribution in [0.15, 0.2) is 59.1 Å². The number of amides is 1. The van der Waals surface area contributed by atoms with Gasteiger partial charge in [-0.05, 0) is 54.5 Å². The number of nitrogens with one attached hydrogen (secondary N) is 1. The highest BCUT2D eigenvalue weighted by atomic mass is 35.5. The van der Waals surface area contributed by atoms with E-state index in [2.05, 4.69) is 15.5 Å². The van der Waals surface area contributed by atoms with Gasteiger partial charge in [-0.3, -0.25) is 9.59 Å². The molecule has 34 heavy (non-hydrogen) atoms. The Hall–Kier alpha value is -3.19. The Balaban J connectivity index is 1.71. The van der Waals surface area contributed by atoms with E-state index in [4.69, 9.17) is 16.1 Å². The van der Waals surface area contributed by atoms with Crippen LogP contribution in [0.4, 0.5) is 0 Å². The molecule has 2 atom stereocenters. The van der Waals surface area contributed by atoms with E-state index >= 15 is 0 Å². The summed E-state index contributed by atoms with van der Waals surface area (Å²) in [5.74, 6) is -1.29. The molecule has 8 heteroatoms. The molecule has 0 aliphatic rings. The molecule has 0 aliphatic heterocycles. The quantitative estimate of drug-likeness (QED) is 0.382. The molecule has 2 aromatic carbocycles. The summed E-state index contributed by atoms with van der Waals surface area (Å²) in [7, 11) is 0. The summed E-state index contributed by atoms with van der Waals surface area (Å²) < 4.78 is 5.44. The number of carboxylic acids is 1. The summed E-state index contributed by atoms with van der Waals surface area (Å²) in [4.78, 5) is 29.2. The van der Waals surface area contributed by atoms with Crippen LogP contribution in [0.5, 0.6) is 0 Å². The maximum Gasteiger partial charge on any atom is 0.304 e. The Labute approximate surface area is 204 Å². The number of aliphatic carboxylic acids is 1. The van der Waals surface area contributed by atoms with E-state index in [0.717, 1.165) is 17.5 Å². The van der Waals surface area contributed by atoms with Gasteiger partial charge in [-0.15, -0.1) is 0 Å². The normalized spacial score (nSPS) is 13.3. The van der Waals surface area contributed by atoms with E-state index in [-0.39, 0.29) is 12.3 Å². The van der Waals surface area contributed by atoms with Gasteiger partial charge in [0.25, 0.3) is 5.89 Å². The first-order chi connectivity index (χ1) is 16.1. The second-order valence-electron chi connectivity index (χ2n) is 9.44. The lowest BCUT2D eigenvalue weighted by atomic mass is 9.85. The Morgan fingerprint density at radius 2 is 1.76 bits per heavy atom. The number of carbonyl (C=O) groups excluding carboxylic acids is 1. The van der Waals surface area contributed by atoms with Crippen LogP contribution in [0, 0.1) is 11.3 Å². The molecule has 7 nitrogen and oxygen atoms in total. The van der Waals surface area contributed by atoms with Gasteiger partial charge in [0.05, 0.1) is 12.5 Å². The molecule has 180 valence electrons. The standard InChI is InChI=1S/C26H30ClN3O4/c1-26(2,3)22(23-29-25(34-30-23)18-9-5-4-6-10-18)28-24(33)19(16-21(31)32)11-7-8-17-12-14-20(27)15-13-17/h4-6,9-10,12-15,19,22H,7-8,11,16H2,1-3H3,(H,28,33)(H,31,32)/t19-,22-/m1/s1. The molecule has 0 aliphatic carbocycles. The number of halogens is 1. The first kappa shape index (κ1) is 25.4. The fraction of sp³-hybridized carbons (Fsp3) is 0.385. The summed E-state index contributed by atoms with van der Waals surface area (Å²) >= 11 is 5.93. The fourth-order valence-corrected chi connectivity index (χ4v) is 3.84. The lowest BCUT2D eigenvalue weighted by molar-refractivity contribution is -0.141. The molecular formula is C26H30ClN3O4. The van der Waals surface area contributed by atoms with Crippen LogP contribution in [-0.4, -0.2) is 27.1 Å². The van der Waals surface area contributed by atoms with Crippen molar-refractivity contribution in [2.75, 3.05) is 0 Å². The first-order valence-corrected chi connectivity index (χ1v) is 11.7. The third kappa shape index (κ3) is 7.15. The van der Waals surface area contributed by atoms with Crippen molar-refractivity contribution < 1.29 is 19.2 Å². The van der Waals surface area contributed by atoms with Crippen LogP contribution in [-0.2, 0) is 16.0 Å². The summed E-state index contributed by atoms with van der Waals surface area (Å²) in [6, 6.07) is 16.3. The van der Waals surface area contributed by atoms with Crippen molar-refractivity contribution in [3.8, 4) is 11.5 Å². The number of carbonyl (C=O) groups is 2. The lowest BCUT2D eigenvalue weighted by Gasteiger charge is -2.30. The molecule has 0 spiro atoms. The topological polar surface area (TPSA) is 105 Å². The Kier molecular flexibility index (Phi) is 8.45. The average Bonchev–Trinajstić information content (AvgIpc) is 3.27. The van der Waals surface area contributed by atoms with E-state index in [9.17, 15) is 14.7 Å². The van der Waals surface area contributed by atoms with Crippen molar-refractivity contribution in [3.05, 3.63) is 71.0 Å². The van der Waals surface area contributed by atoms with Gasteiger partial charge in [0.1, 0.15) is 0 Å². The average molecular weight is 484 g/mol. The van der Waals surface area contributed by atoms with Crippen molar-refractivity contribution in [3.63, 3.8) is 0 Å². The number of hydrogen-bond acceptors (Lipinski definition) is 5. The van der Waals surface area contributed by atoms with Crippen LogP contribution in [0.2, 0.25) is 5.02 Å². The highest BCUT2D eigenvalue weighted by Crippen LogP contribution is 2.33. The fourth-order valence-electron chi connectivity index (χ4n) is 3.72. The molecule has 3 aromatic rings.